The number of nitrogens with zero attached hydrogens (tertiary/aromatic N) is 5. The first kappa shape index (κ1) is 14.9. The van der Waals surface area contributed by atoms with Crippen molar-refractivity contribution < 1.29 is 9.13 Å². The van der Waals surface area contributed by atoms with E-state index in [1.165, 1.54) is 12.1 Å². The molecule has 0 aliphatic carbocycles. The summed E-state index contributed by atoms with van der Waals surface area (Å²) in [7, 11) is 0. The molecule has 1 saturated heterocycles. The highest BCUT2D eigenvalue weighted by atomic mass is 19.1. The Bertz CT molecular complexity index is 927. The lowest BCUT2D eigenvalue weighted by molar-refractivity contribution is -0.0671. The van der Waals surface area contributed by atoms with Gasteiger partial charge >= 0.3 is 0 Å². The van der Waals surface area contributed by atoms with Crippen LogP contribution in [0.25, 0.3) is 10.9 Å². The second-order valence-corrected chi connectivity index (χ2v) is 6.75. The molecule has 0 spiro atoms. The maximum atomic E-state index is 13.3. The van der Waals surface area contributed by atoms with Crippen LogP contribution in [0.5, 0.6) is 0 Å². The van der Waals surface area contributed by atoms with Crippen LogP contribution in [0.3, 0.4) is 0 Å². The molecule has 2 aromatic heterocycles. The van der Waals surface area contributed by atoms with Gasteiger partial charge in [-0.25, -0.2) is 9.07 Å². The number of rotatable bonds is 2. The molecule has 7 heteroatoms. The van der Waals surface area contributed by atoms with Gasteiger partial charge in [-0.05, 0) is 30.7 Å². The monoisotopic (exact) mass is 339 g/mol. The van der Waals surface area contributed by atoms with E-state index in [0.29, 0.717) is 6.61 Å². The Hall–Kier alpha value is -2.38. The van der Waals surface area contributed by atoms with Crippen molar-refractivity contribution in [3.63, 3.8) is 0 Å². The zero-order chi connectivity index (χ0) is 16.8. The van der Waals surface area contributed by atoms with Gasteiger partial charge in [0.05, 0.1) is 41.9 Å². The minimum absolute atomic E-state index is 0.203. The molecule has 0 bridgehead atoms. The Morgan fingerprint density at radius 2 is 2.20 bits per heavy atom. The SMILES string of the molecule is Fc1ccc2nc(CN3CC[C@H]4OCc5cnnn5[C@H]4C3)ccc2c1. The van der Waals surface area contributed by atoms with E-state index in [0.717, 1.165) is 48.3 Å². The molecule has 0 radical (unpaired) electrons. The average molecular weight is 339 g/mol. The van der Waals surface area contributed by atoms with E-state index in [1.54, 1.807) is 12.3 Å². The number of hydrogen-bond donors (Lipinski definition) is 0. The van der Waals surface area contributed by atoms with Crippen LogP contribution in [-0.4, -0.2) is 44.1 Å². The number of likely N-dealkylation sites (tertiary alicyclic amines) is 1. The van der Waals surface area contributed by atoms with Crippen molar-refractivity contribution in [1.82, 2.24) is 24.9 Å². The van der Waals surface area contributed by atoms with Gasteiger partial charge < -0.3 is 4.74 Å². The number of fused-ring (bicyclic) bond motifs is 4. The van der Waals surface area contributed by atoms with E-state index < -0.39 is 0 Å². The predicted molar refractivity (Wildman–Crippen MR) is 89.2 cm³/mol. The third kappa shape index (κ3) is 2.69. The first-order valence-corrected chi connectivity index (χ1v) is 8.54. The van der Waals surface area contributed by atoms with Crippen molar-refractivity contribution in [3.05, 3.63) is 53.7 Å². The van der Waals surface area contributed by atoms with Gasteiger partial charge in [0.15, 0.2) is 0 Å². The minimum Gasteiger partial charge on any atom is -0.370 e. The van der Waals surface area contributed by atoms with E-state index in [9.17, 15) is 4.39 Å². The van der Waals surface area contributed by atoms with Gasteiger partial charge in [-0.2, -0.15) is 0 Å². The molecule has 5 rings (SSSR count). The zero-order valence-electron chi connectivity index (χ0n) is 13.7. The maximum absolute atomic E-state index is 13.3. The predicted octanol–water partition coefficient (Wildman–Crippen LogP) is 2.31. The summed E-state index contributed by atoms with van der Waals surface area (Å²) >= 11 is 0. The van der Waals surface area contributed by atoms with E-state index in [1.807, 2.05) is 16.8 Å². The smallest absolute Gasteiger partial charge is 0.123 e. The van der Waals surface area contributed by atoms with E-state index in [4.69, 9.17) is 4.74 Å². The van der Waals surface area contributed by atoms with Gasteiger partial charge in [0.2, 0.25) is 0 Å². The maximum Gasteiger partial charge on any atom is 0.123 e. The molecule has 6 nitrogen and oxygen atoms in total. The summed E-state index contributed by atoms with van der Waals surface area (Å²) in [5.41, 5.74) is 2.86. The Labute approximate surface area is 144 Å². The zero-order valence-corrected chi connectivity index (χ0v) is 13.7. The number of benzene rings is 1. The lowest BCUT2D eigenvalue weighted by Crippen LogP contribution is -2.47. The van der Waals surface area contributed by atoms with Crippen LogP contribution in [0, 0.1) is 5.82 Å². The van der Waals surface area contributed by atoms with Crippen LogP contribution in [0.1, 0.15) is 23.9 Å². The van der Waals surface area contributed by atoms with E-state index in [2.05, 4.69) is 20.2 Å². The highest BCUT2D eigenvalue weighted by Gasteiger charge is 2.36. The second-order valence-electron chi connectivity index (χ2n) is 6.75. The molecule has 2 atom stereocenters. The lowest BCUT2D eigenvalue weighted by atomic mass is 10.00. The van der Waals surface area contributed by atoms with Crippen LogP contribution >= 0.6 is 0 Å². The second kappa shape index (κ2) is 5.86. The van der Waals surface area contributed by atoms with Crippen molar-refractivity contribution in [2.45, 2.75) is 31.7 Å². The average Bonchev–Trinajstić information content (AvgIpc) is 3.11. The molecule has 0 N–H and O–H groups in total. The fraction of sp³-hybridized carbons (Fsp3) is 0.389. The molecule has 25 heavy (non-hydrogen) atoms. The Morgan fingerprint density at radius 3 is 3.16 bits per heavy atom. The van der Waals surface area contributed by atoms with Crippen molar-refractivity contribution in [2.24, 2.45) is 0 Å². The molecule has 2 aliphatic heterocycles. The molecule has 128 valence electrons. The lowest BCUT2D eigenvalue weighted by Gasteiger charge is -2.40. The van der Waals surface area contributed by atoms with Gasteiger partial charge in [0, 0.05) is 25.0 Å². The van der Waals surface area contributed by atoms with Crippen LogP contribution in [0.4, 0.5) is 4.39 Å². The van der Waals surface area contributed by atoms with Crippen molar-refractivity contribution >= 4 is 10.9 Å². The largest absolute Gasteiger partial charge is 0.370 e. The van der Waals surface area contributed by atoms with Crippen LogP contribution in [0.15, 0.2) is 36.5 Å². The Kier molecular flexibility index (Phi) is 3.50. The number of hydrogen-bond acceptors (Lipinski definition) is 5. The van der Waals surface area contributed by atoms with E-state index in [-0.39, 0.29) is 18.0 Å². The highest BCUT2D eigenvalue weighted by molar-refractivity contribution is 5.78. The van der Waals surface area contributed by atoms with Gasteiger partial charge in [-0.1, -0.05) is 11.3 Å². The fourth-order valence-corrected chi connectivity index (χ4v) is 3.84. The first-order valence-electron chi connectivity index (χ1n) is 8.54. The fourth-order valence-electron chi connectivity index (χ4n) is 3.84. The minimum atomic E-state index is -0.231. The van der Waals surface area contributed by atoms with Crippen molar-refractivity contribution in [1.29, 1.82) is 0 Å². The third-order valence-corrected chi connectivity index (χ3v) is 5.11. The summed E-state index contributed by atoms with van der Waals surface area (Å²) in [6.45, 7) is 3.19. The molecule has 0 saturated carbocycles. The summed E-state index contributed by atoms with van der Waals surface area (Å²) in [5.74, 6) is -0.231. The van der Waals surface area contributed by atoms with Crippen molar-refractivity contribution in [3.8, 4) is 0 Å². The molecule has 2 aliphatic rings. The quantitative estimate of drug-likeness (QED) is 0.717. The highest BCUT2D eigenvalue weighted by Crippen LogP contribution is 2.30. The number of halogens is 1. The molecular weight excluding hydrogens is 321 g/mol. The Morgan fingerprint density at radius 1 is 1.24 bits per heavy atom. The topological polar surface area (TPSA) is 56.1 Å². The van der Waals surface area contributed by atoms with Crippen LogP contribution in [-0.2, 0) is 17.9 Å². The van der Waals surface area contributed by atoms with Crippen LogP contribution in [0.2, 0.25) is 0 Å². The summed E-state index contributed by atoms with van der Waals surface area (Å²) in [5, 5.41) is 9.09. The third-order valence-electron chi connectivity index (χ3n) is 5.11. The first-order chi connectivity index (χ1) is 12.3. The number of piperidine rings is 1. The summed E-state index contributed by atoms with van der Waals surface area (Å²) < 4.78 is 21.3. The number of ether oxygens (including phenoxy) is 1. The summed E-state index contributed by atoms with van der Waals surface area (Å²) in [4.78, 5) is 7.05. The standard InChI is InChI=1S/C18H18FN5O/c19-13-2-4-16-12(7-13)1-3-14(21-16)9-23-6-5-18-17(10-23)24-15(11-25-18)8-20-22-24/h1-4,7-8,17-18H,5-6,9-11H2/t17-,18+/m0/s1. The van der Waals surface area contributed by atoms with Gasteiger partial charge in [0.1, 0.15) is 5.82 Å². The molecule has 1 aromatic carbocycles. The normalized spacial score (nSPS) is 23.4. The molecule has 0 unspecified atom stereocenters. The number of aromatic nitrogens is 4. The molecule has 0 amide bonds. The van der Waals surface area contributed by atoms with Crippen molar-refractivity contribution in [2.75, 3.05) is 13.1 Å². The molecule has 1 fully saturated rings. The molecule has 4 heterocycles. The summed E-state index contributed by atoms with van der Waals surface area (Å²) in [6.07, 6.45) is 2.96. The van der Waals surface area contributed by atoms with Gasteiger partial charge in [-0.3, -0.25) is 9.88 Å². The Balaban J connectivity index is 1.36. The summed E-state index contributed by atoms with van der Waals surface area (Å²) in [6, 6.07) is 8.82. The molecule has 3 aromatic rings. The van der Waals surface area contributed by atoms with Crippen LogP contribution < -0.4 is 0 Å². The van der Waals surface area contributed by atoms with E-state index >= 15 is 0 Å². The number of pyridine rings is 1. The van der Waals surface area contributed by atoms with Gasteiger partial charge in [0.25, 0.3) is 0 Å². The molecular formula is C18H18FN5O. The van der Waals surface area contributed by atoms with Gasteiger partial charge in [-0.15, -0.1) is 5.10 Å².